The predicted octanol–water partition coefficient (Wildman–Crippen LogP) is 3.00. The van der Waals surface area contributed by atoms with Gasteiger partial charge in [0.1, 0.15) is 5.75 Å². The van der Waals surface area contributed by atoms with Gasteiger partial charge in [0, 0.05) is 24.0 Å². The number of benzene rings is 2. The zero-order chi connectivity index (χ0) is 12.1. The van der Waals surface area contributed by atoms with E-state index in [4.69, 9.17) is 5.41 Å². The van der Waals surface area contributed by atoms with Crippen LogP contribution >= 0.6 is 0 Å². The molecule has 0 radical (unpaired) electrons. The first-order valence-corrected chi connectivity index (χ1v) is 5.41. The lowest BCUT2D eigenvalue weighted by molar-refractivity contribution is 0.475. The maximum absolute atomic E-state index is 9.32. The zero-order valence-electron chi connectivity index (χ0n) is 9.35. The molecular weight excluding hydrogens is 212 g/mol. The molecule has 3 nitrogen and oxygen atoms in total. The van der Waals surface area contributed by atoms with Crippen LogP contribution in [0, 0.1) is 5.41 Å². The molecule has 2 aromatic rings. The fourth-order valence-corrected chi connectivity index (χ4v) is 1.62. The summed E-state index contributed by atoms with van der Waals surface area (Å²) in [6, 6.07) is 15.0. The first-order valence-electron chi connectivity index (χ1n) is 5.41. The van der Waals surface area contributed by atoms with Crippen LogP contribution in [0.2, 0.25) is 0 Å². The number of rotatable bonds is 4. The standard InChI is InChI=1S/C14H14N2O/c15-9-12-8-13(17)6-7-14(12)16-10-11-4-2-1-3-5-11/h1-9,15-17H,10H2. The number of nitrogens with one attached hydrogen (secondary N) is 2. The summed E-state index contributed by atoms with van der Waals surface area (Å²) in [6.07, 6.45) is 1.23. The molecule has 17 heavy (non-hydrogen) atoms. The van der Waals surface area contributed by atoms with E-state index in [0.29, 0.717) is 12.1 Å². The van der Waals surface area contributed by atoms with Crippen molar-refractivity contribution in [1.82, 2.24) is 0 Å². The van der Waals surface area contributed by atoms with E-state index in [1.165, 1.54) is 11.8 Å². The molecule has 0 atom stereocenters. The van der Waals surface area contributed by atoms with Crippen molar-refractivity contribution in [1.29, 1.82) is 5.41 Å². The summed E-state index contributed by atoms with van der Waals surface area (Å²) in [5.41, 5.74) is 2.71. The lowest BCUT2D eigenvalue weighted by Gasteiger charge is -2.09. The summed E-state index contributed by atoms with van der Waals surface area (Å²) in [4.78, 5) is 0. The Morgan fingerprint density at radius 3 is 2.59 bits per heavy atom. The molecule has 3 heteroatoms. The van der Waals surface area contributed by atoms with Gasteiger partial charge in [-0.3, -0.25) is 0 Å². The lowest BCUT2D eigenvalue weighted by Crippen LogP contribution is -2.01. The van der Waals surface area contributed by atoms with E-state index in [0.717, 1.165) is 5.69 Å². The van der Waals surface area contributed by atoms with Gasteiger partial charge >= 0.3 is 0 Å². The van der Waals surface area contributed by atoms with Gasteiger partial charge in [0.05, 0.1) is 0 Å². The van der Waals surface area contributed by atoms with Gasteiger partial charge in [-0.15, -0.1) is 0 Å². The molecule has 3 N–H and O–H groups in total. The van der Waals surface area contributed by atoms with Crippen molar-refractivity contribution in [2.45, 2.75) is 6.54 Å². The first kappa shape index (κ1) is 11.2. The zero-order valence-corrected chi connectivity index (χ0v) is 9.35. The van der Waals surface area contributed by atoms with Gasteiger partial charge in [0.25, 0.3) is 0 Å². The molecule has 0 aliphatic carbocycles. The van der Waals surface area contributed by atoms with E-state index in [1.807, 2.05) is 30.3 Å². The topological polar surface area (TPSA) is 56.1 Å². The number of anilines is 1. The van der Waals surface area contributed by atoms with E-state index in [2.05, 4.69) is 5.32 Å². The van der Waals surface area contributed by atoms with Crippen LogP contribution in [-0.2, 0) is 6.54 Å². The highest BCUT2D eigenvalue weighted by Gasteiger charge is 2.01. The fourth-order valence-electron chi connectivity index (χ4n) is 1.62. The van der Waals surface area contributed by atoms with Gasteiger partial charge in [-0.05, 0) is 23.8 Å². The monoisotopic (exact) mass is 226 g/mol. The molecule has 0 bridgehead atoms. The third-order valence-corrected chi connectivity index (χ3v) is 2.52. The van der Waals surface area contributed by atoms with Gasteiger partial charge in [0.2, 0.25) is 0 Å². The Morgan fingerprint density at radius 2 is 1.88 bits per heavy atom. The largest absolute Gasteiger partial charge is 0.508 e. The van der Waals surface area contributed by atoms with Crippen LogP contribution in [-0.4, -0.2) is 11.3 Å². The number of phenolic OH excluding ortho intramolecular Hbond substituents is 1. The molecule has 2 aromatic carbocycles. The van der Waals surface area contributed by atoms with Crippen LogP contribution in [0.4, 0.5) is 5.69 Å². The van der Waals surface area contributed by atoms with Crippen molar-refractivity contribution in [3.63, 3.8) is 0 Å². The first-order chi connectivity index (χ1) is 8.29. The highest BCUT2D eigenvalue weighted by atomic mass is 16.3. The molecule has 0 aliphatic rings. The third kappa shape index (κ3) is 2.84. The molecule has 0 heterocycles. The van der Waals surface area contributed by atoms with E-state index >= 15 is 0 Å². The van der Waals surface area contributed by atoms with Crippen molar-refractivity contribution >= 4 is 11.9 Å². The number of hydrogen-bond acceptors (Lipinski definition) is 3. The molecule has 0 aromatic heterocycles. The average molecular weight is 226 g/mol. The second-order valence-corrected chi connectivity index (χ2v) is 3.76. The second kappa shape index (κ2) is 5.16. The minimum Gasteiger partial charge on any atom is -0.508 e. The van der Waals surface area contributed by atoms with E-state index in [9.17, 15) is 5.11 Å². The van der Waals surface area contributed by atoms with Crippen molar-refractivity contribution in [3.05, 3.63) is 59.7 Å². The molecule has 0 spiro atoms. The average Bonchev–Trinajstić information content (AvgIpc) is 2.38. The maximum Gasteiger partial charge on any atom is 0.116 e. The van der Waals surface area contributed by atoms with Gasteiger partial charge < -0.3 is 15.8 Å². The highest BCUT2D eigenvalue weighted by molar-refractivity contribution is 5.86. The molecule has 0 fully saturated rings. The SMILES string of the molecule is N=Cc1cc(O)ccc1NCc1ccccc1. The fraction of sp³-hybridized carbons (Fsp3) is 0.0714. The summed E-state index contributed by atoms with van der Waals surface area (Å²) in [6.45, 7) is 0.701. The van der Waals surface area contributed by atoms with E-state index in [1.54, 1.807) is 18.2 Å². The molecule has 0 saturated heterocycles. The van der Waals surface area contributed by atoms with Crippen LogP contribution in [0.15, 0.2) is 48.5 Å². The molecule has 0 saturated carbocycles. The Hall–Kier alpha value is -2.29. The Kier molecular flexibility index (Phi) is 3.40. The van der Waals surface area contributed by atoms with Crippen LogP contribution in [0.25, 0.3) is 0 Å². The predicted molar refractivity (Wildman–Crippen MR) is 69.8 cm³/mol. The number of phenols is 1. The highest BCUT2D eigenvalue weighted by Crippen LogP contribution is 2.20. The minimum absolute atomic E-state index is 0.175. The maximum atomic E-state index is 9.32. The molecular formula is C14H14N2O. The van der Waals surface area contributed by atoms with Crippen LogP contribution in [0.1, 0.15) is 11.1 Å². The van der Waals surface area contributed by atoms with E-state index < -0.39 is 0 Å². The van der Waals surface area contributed by atoms with Gasteiger partial charge in [-0.1, -0.05) is 30.3 Å². The van der Waals surface area contributed by atoms with Gasteiger partial charge in [-0.2, -0.15) is 0 Å². The molecule has 0 unspecified atom stereocenters. The van der Waals surface area contributed by atoms with Gasteiger partial charge in [-0.25, -0.2) is 0 Å². The number of hydrogen-bond donors (Lipinski definition) is 3. The van der Waals surface area contributed by atoms with Crippen molar-refractivity contribution in [2.24, 2.45) is 0 Å². The Morgan fingerprint density at radius 1 is 1.12 bits per heavy atom. The number of aromatic hydroxyl groups is 1. The van der Waals surface area contributed by atoms with Crippen LogP contribution in [0.3, 0.4) is 0 Å². The lowest BCUT2D eigenvalue weighted by atomic mass is 10.1. The second-order valence-electron chi connectivity index (χ2n) is 3.76. The van der Waals surface area contributed by atoms with Crippen LogP contribution < -0.4 is 5.32 Å². The Labute approximate surface area is 100 Å². The molecule has 86 valence electrons. The van der Waals surface area contributed by atoms with Crippen LogP contribution in [0.5, 0.6) is 5.75 Å². The smallest absolute Gasteiger partial charge is 0.116 e. The van der Waals surface area contributed by atoms with Crippen molar-refractivity contribution in [3.8, 4) is 5.75 Å². The summed E-state index contributed by atoms with van der Waals surface area (Å²) >= 11 is 0. The third-order valence-electron chi connectivity index (χ3n) is 2.52. The molecule has 0 aliphatic heterocycles. The Bertz CT molecular complexity index is 509. The van der Waals surface area contributed by atoms with Crippen molar-refractivity contribution in [2.75, 3.05) is 5.32 Å². The summed E-state index contributed by atoms with van der Waals surface area (Å²) in [5.74, 6) is 0.175. The normalized spacial score (nSPS) is 9.88. The molecule has 0 amide bonds. The summed E-state index contributed by atoms with van der Waals surface area (Å²) in [7, 11) is 0. The quantitative estimate of drug-likeness (QED) is 0.554. The summed E-state index contributed by atoms with van der Waals surface area (Å²) < 4.78 is 0. The Balaban J connectivity index is 2.11. The van der Waals surface area contributed by atoms with Crippen molar-refractivity contribution < 1.29 is 5.11 Å². The van der Waals surface area contributed by atoms with Gasteiger partial charge in [0.15, 0.2) is 0 Å². The minimum atomic E-state index is 0.175. The molecule has 2 rings (SSSR count). The van der Waals surface area contributed by atoms with E-state index in [-0.39, 0.29) is 5.75 Å². The summed E-state index contributed by atoms with van der Waals surface area (Å²) in [5, 5.41) is 19.9.